The molecule has 2 aromatic rings. The fourth-order valence-corrected chi connectivity index (χ4v) is 2.35. The van der Waals surface area contributed by atoms with Crippen LogP contribution >= 0.6 is 11.6 Å². The van der Waals surface area contributed by atoms with Crippen molar-refractivity contribution in [1.29, 1.82) is 0 Å². The van der Waals surface area contributed by atoms with Gasteiger partial charge in [0.1, 0.15) is 5.70 Å². The van der Waals surface area contributed by atoms with E-state index in [0.717, 1.165) is 5.56 Å². The first-order valence-electron chi connectivity index (χ1n) is 7.90. The maximum absolute atomic E-state index is 12.0. The number of aliphatic imine (C=N–C) groups is 1. The molecule has 2 heterocycles. The molecule has 3 rings (SSSR count). The molecule has 7 nitrogen and oxygen atoms in total. The Morgan fingerprint density at radius 3 is 2.85 bits per heavy atom. The van der Waals surface area contributed by atoms with Gasteiger partial charge in [-0.3, -0.25) is 14.6 Å². The first-order chi connectivity index (χ1) is 12.6. The third-order valence-corrected chi connectivity index (χ3v) is 3.73. The van der Waals surface area contributed by atoms with E-state index < -0.39 is 5.91 Å². The van der Waals surface area contributed by atoms with Gasteiger partial charge in [0.15, 0.2) is 5.82 Å². The number of fused-ring (bicyclic) bond motifs is 1. The van der Waals surface area contributed by atoms with E-state index >= 15 is 0 Å². The predicted molar refractivity (Wildman–Crippen MR) is 101 cm³/mol. The van der Waals surface area contributed by atoms with Crippen LogP contribution in [0.3, 0.4) is 0 Å². The van der Waals surface area contributed by atoms with Gasteiger partial charge in [0.05, 0.1) is 12.2 Å². The van der Waals surface area contributed by atoms with Gasteiger partial charge >= 0.3 is 0 Å². The maximum atomic E-state index is 12.0. The monoisotopic (exact) mass is 369 g/mol. The average Bonchev–Trinajstić information content (AvgIpc) is 2.63. The second-order valence-corrected chi connectivity index (χ2v) is 5.85. The predicted octanol–water partition coefficient (Wildman–Crippen LogP) is 2.22. The fraction of sp³-hybridized carbons (Fsp3) is 0.111. The highest BCUT2D eigenvalue weighted by molar-refractivity contribution is 6.30. The van der Waals surface area contributed by atoms with Crippen molar-refractivity contribution in [2.75, 3.05) is 23.7 Å². The number of anilines is 2. The van der Waals surface area contributed by atoms with Crippen molar-refractivity contribution in [3.05, 3.63) is 65.0 Å². The number of hydrogen-bond donors (Lipinski definition) is 3. The van der Waals surface area contributed by atoms with E-state index in [1.54, 1.807) is 36.7 Å². The molecule has 0 unspecified atom stereocenters. The Balaban J connectivity index is 1.49. The zero-order valence-corrected chi connectivity index (χ0v) is 14.5. The molecule has 1 aliphatic heterocycles. The van der Waals surface area contributed by atoms with E-state index in [0.29, 0.717) is 29.6 Å². The average molecular weight is 370 g/mol. The summed E-state index contributed by atoms with van der Waals surface area (Å²) in [5.74, 6) is -0.351. The van der Waals surface area contributed by atoms with E-state index in [4.69, 9.17) is 11.6 Å². The molecule has 0 aliphatic carbocycles. The molecule has 0 fully saturated rings. The summed E-state index contributed by atoms with van der Waals surface area (Å²) in [5.41, 5.74) is 1.73. The number of carbonyl (C=O) groups excluding carboxylic acids is 2. The quantitative estimate of drug-likeness (QED) is 0.428. The van der Waals surface area contributed by atoms with Crippen molar-refractivity contribution in [3.8, 4) is 0 Å². The van der Waals surface area contributed by atoms with Crippen molar-refractivity contribution in [1.82, 2.24) is 10.3 Å². The topological polar surface area (TPSA) is 95.5 Å². The number of halogens is 1. The Labute approximate surface area is 155 Å². The van der Waals surface area contributed by atoms with Crippen LogP contribution in [0, 0.1) is 0 Å². The van der Waals surface area contributed by atoms with Crippen molar-refractivity contribution in [3.63, 3.8) is 0 Å². The second kappa shape index (κ2) is 8.26. The number of nitrogens with one attached hydrogen (secondary N) is 3. The van der Waals surface area contributed by atoms with Crippen LogP contribution in [-0.2, 0) is 9.59 Å². The zero-order valence-electron chi connectivity index (χ0n) is 13.7. The lowest BCUT2D eigenvalue weighted by atomic mass is 10.2. The zero-order chi connectivity index (χ0) is 18.4. The summed E-state index contributed by atoms with van der Waals surface area (Å²) >= 11 is 5.81. The number of benzene rings is 1. The summed E-state index contributed by atoms with van der Waals surface area (Å²) < 4.78 is 0. The standard InChI is InChI=1S/C18H16ClN5O2/c19-13-5-3-12(4-6-13)11-20-8-9-21-16(25)10-15-18(26)24-17-14(23-15)2-1-7-22-17/h1-7,10-11,23H,8-9H2,(H,21,25)(H,22,24,26)/b15-10+,20-11?. The highest BCUT2D eigenvalue weighted by atomic mass is 35.5. The Bertz CT molecular complexity index is 877. The summed E-state index contributed by atoms with van der Waals surface area (Å²) in [7, 11) is 0. The molecule has 8 heteroatoms. The molecule has 0 bridgehead atoms. The van der Waals surface area contributed by atoms with Gasteiger partial charge < -0.3 is 16.0 Å². The number of amides is 2. The molecule has 1 aromatic heterocycles. The fourth-order valence-electron chi connectivity index (χ4n) is 2.23. The molecule has 0 saturated heterocycles. The van der Waals surface area contributed by atoms with E-state index in [1.807, 2.05) is 12.1 Å². The number of pyridine rings is 1. The van der Waals surface area contributed by atoms with Crippen LogP contribution < -0.4 is 16.0 Å². The number of aromatic nitrogens is 1. The summed E-state index contributed by atoms with van der Waals surface area (Å²) in [6, 6.07) is 10.8. The third kappa shape index (κ3) is 4.67. The molecule has 1 aliphatic rings. The highest BCUT2D eigenvalue weighted by Gasteiger charge is 2.20. The molecular formula is C18H16ClN5O2. The molecule has 0 atom stereocenters. The van der Waals surface area contributed by atoms with Crippen LogP contribution in [0.25, 0.3) is 0 Å². The van der Waals surface area contributed by atoms with Crippen LogP contribution in [0.5, 0.6) is 0 Å². The van der Waals surface area contributed by atoms with E-state index in [1.165, 1.54) is 6.08 Å². The highest BCUT2D eigenvalue weighted by Crippen LogP contribution is 2.24. The van der Waals surface area contributed by atoms with E-state index in [-0.39, 0.29) is 11.6 Å². The Morgan fingerprint density at radius 1 is 1.23 bits per heavy atom. The Hall–Kier alpha value is -3.19. The number of carbonyl (C=O) groups is 2. The van der Waals surface area contributed by atoms with Crippen molar-refractivity contribution < 1.29 is 9.59 Å². The molecule has 132 valence electrons. The molecule has 0 radical (unpaired) electrons. The van der Waals surface area contributed by atoms with Crippen molar-refractivity contribution in [2.45, 2.75) is 0 Å². The van der Waals surface area contributed by atoms with Crippen LogP contribution in [0.4, 0.5) is 11.5 Å². The normalized spacial score (nSPS) is 14.7. The first-order valence-corrected chi connectivity index (χ1v) is 8.28. The molecule has 2 amide bonds. The molecule has 0 saturated carbocycles. The minimum absolute atomic E-state index is 0.160. The lowest BCUT2D eigenvalue weighted by molar-refractivity contribution is -0.117. The van der Waals surface area contributed by atoms with Gasteiger partial charge in [-0.15, -0.1) is 0 Å². The molecule has 3 N–H and O–H groups in total. The van der Waals surface area contributed by atoms with Gasteiger partial charge in [-0.2, -0.15) is 0 Å². The SMILES string of the molecule is O=C(/C=C1/Nc2cccnc2NC1=O)NCCN=Cc1ccc(Cl)cc1. The van der Waals surface area contributed by atoms with Crippen LogP contribution in [0.15, 0.2) is 59.4 Å². The lowest BCUT2D eigenvalue weighted by Crippen LogP contribution is -2.30. The maximum Gasteiger partial charge on any atom is 0.273 e. The van der Waals surface area contributed by atoms with Crippen LogP contribution in [0.2, 0.25) is 5.02 Å². The molecular weight excluding hydrogens is 354 g/mol. The van der Waals surface area contributed by atoms with Gasteiger partial charge in [-0.25, -0.2) is 4.98 Å². The summed E-state index contributed by atoms with van der Waals surface area (Å²) in [6.45, 7) is 0.774. The Kier molecular flexibility index (Phi) is 5.60. The molecule has 26 heavy (non-hydrogen) atoms. The minimum Gasteiger partial charge on any atom is -0.351 e. The minimum atomic E-state index is -0.410. The summed E-state index contributed by atoms with van der Waals surface area (Å²) in [6.07, 6.45) is 4.50. The van der Waals surface area contributed by atoms with E-state index in [2.05, 4.69) is 25.9 Å². The van der Waals surface area contributed by atoms with Crippen LogP contribution in [-0.4, -0.2) is 36.1 Å². The second-order valence-electron chi connectivity index (χ2n) is 5.41. The number of rotatable bonds is 5. The number of hydrogen-bond acceptors (Lipinski definition) is 5. The molecule has 0 spiro atoms. The number of nitrogens with zero attached hydrogens (tertiary/aromatic N) is 2. The van der Waals surface area contributed by atoms with Gasteiger partial charge in [0.2, 0.25) is 5.91 Å². The van der Waals surface area contributed by atoms with Crippen molar-refractivity contribution in [2.24, 2.45) is 4.99 Å². The van der Waals surface area contributed by atoms with E-state index in [9.17, 15) is 9.59 Å². The third-order valence-electron chi connectivity index (χ3n) is 3.48. The first kappa shape index (κ1) is 17.6. The van der Waals surface area contributed by atoms with Gasteiger partial charge in [-0.05, 0) is 29.8 Å². The smallest absolute Gasteiger partial charge is 0.273 e. The Morgan fingerprint density at radius 2 is 2.04 bits per heavy atom. The summed E-state index contributed by atoms with van der Waals surface area (Å²) in [5, 5.41) is 8.86. The van der Waals surface area contributed by atoms with Gasteiger partial charge in [0, 0.05) is 30.1 Å². The summed E-state index contributed by atoms with van der Waals surface area (Å²) in [4.78, 5) is 32.2. The van der Waals surface area contributed by atoms with Crippen LogP contribution in [0.1, 0.15) is 5.56 Å². The lowest BCUT2D eigenvalue weighted by Gasteiger charge is -2.19. The molecule has 1 aromatic carbocycles. The van der Waals surface area contributed by atoms with Gasteiger partial charge in [-0.1, -0.05) is 23.7 Å². The van der Waals surface area contributed by atoms with Gasteiger partial charge in [0.25, 0.3) is 5.91 Å². The largest absolute Gasteiger partial charge is 0.351 e. The van der Waals surface area contributed by atoms with Crippen molar-refractivity contribution >= 4 is 41.1 Å².